The van der Waals surface area contributed by atoms with E-state index in [0.717, 1.165) is 0 Å². The van der Waals surface area contributed by atoms with E-state index in [1.54, 1.807) is 12.1 Å². The molecule has 0 bridgehead atoms. The normalized spacial score (nSPS) is 11.2. The molecule has 1 amide bonds. The van der Waals surface area contributed by atoms with Crippen LogP contribution >= 0.6 is 0 Å². The number of nitrogens with one attached hydrogen (secondary N) is 2. The van der Waals surface area contributed by atoms with Gasteiger partial charge in [0.05, 0.1) is 53.2 Å². The van der Waals surface area contributed by atoms with Gasteiger partial charge < -0.3 is 23.7 Å². The second kappa shape index (κ2) is 11.2. The fraction of sp³-hybridized carbons (Fsp3) is 0.300. The van der Waals surface area contributed by atoms with Gasteiger partial charge in [-0.15, -0.1) is 0 Å². The lowest BCUT2D eigenvalue weighted by Gasteiger charge is -2.12. The van der Waals surface area contributed by atoms with E-state index in [9.17, 15) is 13.2 Å². The Bertz CT molecular complexity index is 1060. The number of rotatable bonds is 11. The maximum absolute atomic E-state index is 12.4. The van der Waals surface area contributed by atoms with Crippen LogP contribution in [0.2, 0.25) is 0 Å². The Kier molecular flexibility index (Phi) is 8.67. The van der Waals surface area contributed by atoms with Gasteiger partial charge in [0.2, 0.25) is 15.8 Å². The highest BCUT2D eigenvalue weighted by Crippen LogP contribution is 2.37. The predicted octanol–water partition coefficient (Wildman–Crippen LogP) is 1.16. The molecule has 2 rings (SSSR count). The fourth-order valence-corrected chi connectivity index (χ4v) is 3.62. The van der Waals surface area contributed by atoms with Crippen LogP contribution < -0.4 is 33.8 Å². The van der Waals surface area contributed by atoms with Crippen LogP contribution in [0.1, 0.15) is 5.56 Å². The monoisotopic (exact) mass is 467 g/mol. The van der Waals surface area contributed by atoms with E-state index in [1.165, 1.54) is 60.0 Å². The molecule has 174 valence electrons. The Labute approximate surface area is 186 Å². The molecule has 2 N–H and O–H groups in total. The molecule has 32 heavy (non-hydrogen) atoms. The first kappa shape index (κ1) is 24.8. The third-order valence-corrected chi connectivity index (χ3v) is 5.58. The molecule has 0 heterocycles. The summed E-state index contributed by atoms with van der Waals surface area (Å²) in [6.07, 6.45) is 1.35. The average molecular weight is 468 g/mol. The molecule has 2 aromatic carbocycles. The van der Waals surface area contributed by atoms with Crippen LogP contribution in [0.3, 0.4) is 0 Å². The highest BCUT2D eigenvalue weighted by Gasteiger charge is 2.18. The van der Waals surface area contributed by atoms with Gasteiger partial charge in [-0.3, -0.25) is 4.79 Å². The Balaban J connectivity index is 2.02. The lowest BCUT2D eigenvalue weighted by molar-refractivity contribution is -0.119. The highest BCUT2D eigenvalue weighted by atomic mass is 32.2. The van der Waals surface area contributed by atoms with Crippen molar-refractivity contribution in [3.8, 4) is 28.7 Å². The van der Waals surface area contributed by atoms with E-state index in [2.05, 4.69) is 15.2 Å². The standard InChI is InChI=1S/C20H25N3O8S/c1-27-15-7-6-14(10-16(15)28-2)32(25,26)22-12-19(24)23-21-11-13-8-17(29-3)20(31-5)18(9-13)30-4/h6-11,22H,12H2,1-5H3,(H,23,24)/b21-11-. The molecule has 12 heteroatoms. The van der Waals surface area contributed by atoms with Crippen molar-refractivity contribution in [3.63, 3.8) is 0 Å². The molecule has 0 saturated heterocycles. The van der Waals surface area contributed by atoms with Gasteiger partial charge in [-0.05, 0) is 24.3 Å². The van der Waals surface area contributed by atoms with Crippen LogP contribution in [-0.2, 0) is 14.8 Å². The molecule has 0 aliphatic heterocycles. The summed E-state index contributed by atoms with van der Waals surface area (Å²) in [6.45, 7) is -0.525. The topological polar surface area (TPSA) is 134 Å². The Morgan fingerprint density at radius 3 is 2.00 bits per heavy atom. The van der Waals surface area contributed by atoms with E-state index in [0.29, 0.717) is 28.6 Å². The molecule has 0 radical (unpaired) electrons. The van der Waals surface area contributed by atoms with Gasteiger partial charge in [-0.2, -0.15) is 5.10 Å². The summed E-state index contributed by atoms with van der Waals surface area (Å²) < 4.78 is 53.0. The van der Waals surface area contributed by atoms with Crippen LogP contribution in [0.5, 0.6) is 28.7 Å². The second-order valence-electron chi connectivity index (χ2n) is 6.09. The number of carbonyl (C=O) groups excluding carboxylic acids is 1. The fourth-order valence-electron chi connectivity index (χ4n) is 2.62. The summed E-state index contributed by atoms with van der Waals surface area (Å²) in [5, 5.41) is 3.82. The Morgan fingerprint density at radius 1 is 0.875 bits per heavy atom. The number of hydrogen-bond acceptors (Lipinski definition) is 9. The van der Waals surface area contributed by atoms with Gasteiger partial charge in [0.25, 0.3) is 5.91 Å². The molecule has 0 fully saturated rings. The van der Waals surface area contributed by atoms with Crippen LogP contribution in [-0.4, -0.2) is 62.6 Å². The molecule has 0 aliphatic rings. The number of carbonyl (C=O) groups is 1. The molecule has 0 atom stereocenters. The van der Waals surface area contributed by atoms with Crippen LogP contribution in [0.25, 0.3) is 0 Å². The maximum Gasteiger partial charge on any atom is 0.255 e. The number of amides is 1. The molecule has 0 aliphatic carbocycles. The maximum atomic E-state index is 12.4. The number of hydrazone groups is 1. The third kappa shape index (κ3) is 6.02. The van der Waals surface area contributed by atoms with Crippen molar-refractivity contribution >= 4 is 22.1 Å². The van der Waals surface area contributed by atoms with Crippen molar-refractivity contribution in [3.05, 3.63) is 35.9 Å². The van der Waals surface area contributed by atoms with E-state index in [4.69, 9.17) is 23.7 Å². The van der Waals surface area contributed by atoms with E-state index in [-0.39, 0.29) is 10.6 Å². The smallest absolute Gasteiger partial charge is 0.255 e. The number of benzene rings is 2. The Hall–Kier alpha value is -3.51. The number of methoxy groups -OCH3 is 5. The summed E-state index contributed by atoms with van der Waals surface area (Å²) in [7, 11) is 3.30. The summed E-state index contributed by atoms with van der Waals surface area (Å²) in [5.41, 5.74) is 2.81. The van der Waals surface area contributed by atoms with Gasteiger partial charge in [0.1, 0.15) is 0 Å². The molecule has 0 aromatic heterocycles. The zero-order valence-corrected chi connectivity index (χ0v) is 19.1. The van der Waals surface area contributed by atoms with Crippen molar-refractivity contribution in [1.82, 2.24) is 10.1 Å². The molecule has 0 spiro atoms. The number of nitrogens with zero attached hydrogens (tertiary/aromatic N) is 1. The minimum absolute atomic E-state index is 0.0797. The molecular weight excluding hydrogens is 442 g/mol. The zero-order valence-electron chi connectivity index (χ0n) is 18.3. The molecule has 0 saturated carbocycles. The van der Waals surface area contributed by atoms with Crippen molar-refractivity contribution in [2.45, 2.75) is 4.90 Å². The first-order valence-corrected chi connectivity index (χ1v) is 10.6. The first-order chi connectivity index (χ1) is 15.3. The Morgan fingerprint density at radius 2 is 1.47 bits per heavy atom. The second-order valence-corrected chi connectivity index (χ2v) is 7.86. The van der Waals surface area contributed by atoms with Gasteiger partial charge in [-0.25, -0.2) is 18.6 Å². The summed E-state index contributed by atoms with van der Waals surface area (Å²) in [6, 6.07) is 7.36. The number of hydrogen-bond donors (Lipinski definition) is 2. The van der Waals surface area contributed by atoms with Crippen molar-refractivity contribution in [2.75, 3.05) is 42.1 Å². The van der Waals surface area contributed by atoms with E-state index >= 15 is 0 Å². The first-order valence-electron chi connectivity index (χ1n) is 9.13. The zero-order chi connectivity index (χ0) is 23.7. The lowest BCUT2D eigenvalue weighted by atomic mass is 10.2. The lowest BCUT2D eigenvalue weighted by Crippen LogP contribution is -2.34. The quantitative estimate of drug-likeness (QED) is 0.371. The minimum atomic E-state index is -3.96. The summed E-state index contributed by atoms with van der Waals surface area (Å²) in [4.78, 5) is 11.9. The van der Waals surface area contributed by atoms with Gasteiger partial charge >= 0.3 is 0 Å². The SMILES string of the molecule is COc1ccc(S(=O)(=O)NCC(=O)N/N=C\c2cc(OC)c(OC)c(OC)c2)cc1OC. The largest absolute Gasteiger partial charge is 0.493 e. The third-order valence-electron chi connectivity index (χ3n) is 4.18. The molecule has 11 nitrogen and oxygen atoms in total. The number of sulfonamides is 1. The van der Waals surface area contributed by atoms with Gasteiger partial charge in [0.15, 0.2) is 23.0 Å². The van der Waals surface area contributed by atoms with E-state index < -0.39 is 22.5 Å². The van der Waals surface area contributed by atoms with Crippen LogP contribution in [0.4, 0.5) is 0 Å². The minimum Gasteiger partial charge on any atom is -0.493 e. The number of ether oxygens (including phenoxy) is 5. The average Bonchev–Trinajstić information content (AvgIpc) is 2.81. The summed E-state index contributed by atoms with van der Waals surface area (Å²) in [5.74, 6) is 1.21. The summed E-state index contributed by atoms with van der Waals surface area (Å²) >= 11 is 0. The predicted molar refractivity (Wildman–Crippen MR) is 117 cm³/mol. The van der Waals surface area contributed by atoms with Crippen molar-refractivity contribution < 1.29 is 36.9 Å². The molecule has 2 aromatic rings. The molecular formula is C20H25N3O8S. The van der Waals surface area contributed by atoms with Crippen molar-refractivity contribution in [1.29, 1.82) is 0 Å². The highest BCUT2D eigenvalue weighted by molar-refractivity contribution is 7.89. The van der Waals surface area contributed by atoms with Gasteiger partial charge in [0, 0.05) is 11.6 Å². The van der Waals surface area contributed by atoms with Gasteiger partial charge in [-0.1, -0.05) is 0 Å². The van der Waals surface area contributed by atoms with Crippen LogP contribution in [0.15, 0.2) is 40.3 Å². The van der Waals surface area contributed by atoms with E-state index in [1.807, 2.05) is 0 Å². The molecule has 0 unspecified atom stereocenters. The van der Waals surface area contributed by atoms with Crippen LogP contribution in [0, 0.1) is 0 Å². The van der Waals surface area contributed by atoms with Crippen molar-refractivity contribution in [2.24, 2.45) is 5.10 Å².